The first-order chi connectivity index (χ1) is 13.8. The minimum Gasteiger partial charge on any atom is -0.497 e. The molecule has 0 bridgehead atoms. The number of aryl methyl sites for hydroxylation is 2. The molecule has 0 aliphatic carbocycles. The van der Waals surface area contributed by atoms with Gasteiger partial charge in [-0.3, -0.25) is 14.4 Å². The smallest absolute Gasteiger partial charge is 0.326 e. The van der Waals surface area contributed by atoms with Crippen molar-refractivity contribution in [1.82, 2.24) is 15.3 Å². The van der Waals surface area contributed by atoms with Gasteiger partial charge in [0.25, 0.3) is 11.5 Å². The summed E-state index contributed by atoms with van der Waals surface area (Å²) in [5, 5.41) is 3.06. The lowest BCUT2D eigenvalue weighted by atomic mass is 10.2. The molecule has 0 saturated carbocycles. The molecule has 0 aliphatic heterocycles. The van der Waals surface area contributed by atoms with Crippen molar-refractivity contribution < 1.29 is 19.1 Å². The quantitative estimate of drug-likeness (QED) is 0.599. The first kappa shape index (κ1) is 20.5. The number of amides is 1. The van der Waals surface area contributed by atoms with E-state index in [2.05, 4.69) is 15.3 Å². The van der Waals surface area contributed by atoms with Crippen molar-refractivity contribution in [2.75, 3.05) is 13.7 Å². The second kappa shape index (κ2) is 8.44. The number of aromatic amines is 1. The van der Waals surface area contributed by atoms with Gasteiger partial charge >= 0.3 is 5.97 Å². The van der Waals surface area contributed by atoms with E-state index in [1.54, 1.807) is 31.2 Å². The summed E-state index contributed by atoms with van der Waals surface area (Å²) in [6.07, 6.45) is -0.768. The molecule has 0 saturated heterocycles. The summed E-state index contributed by atoms with van der Waals surface area (Å²) >= 11 is 1.42. The normalized spacial score (nSPS) is 11.9. The molecule has 3 aromatic rings. The zero-order chi connectivity index (χ0) is 21.1. The fourth-order valence-corrected chi connectivity index (χ4v) is 3.81. The summed E-state index contributed by atoms with van der Waals surface area (Å²) in [6.45, 7) is 5.09. The van der Waals surface area contributed by atoms with Crippen molar-refractivity contribution in [1.29, 1.82) is 0 Å². The molecule has 1 aromatic carbocycles. The standard InChI is InChI=1S/C20H21N3O5S/c1-10-12(3)29-20-16(10)19(26)22-17(23-20)11(2)28-15(24)9-21-18(25)13-6-5-7-14(8-13)27-4/h5-8,11H,9H2,1-4H3,(H,21,25)(H,22,23,26)/t11-/m1/s1. The molecule has 152 valence electrons. The van der Waals surface area contributed by atoms with Gasteiger partial charge in [0, 0.05) is 10.4 Å². The van der Waals surface area contributed by atoms with E-state index in [4.69, 9.17) is 9.47 Å². The highest BCUT2D eigenvalue weighted by molar-refractivity contribution is 7.18. The first-order valence-electron chi connectivity index (χ1n) is 8.91. The van der Waals surface area contributed by atoms with Gasteiger partial charge < -0.3 is 19.8 Å². The van der Waals surface area contributed by atoms with E-state index >= 15 is 0 Å². The topological polar surface area (TPSA) is 110 Å². The number of methoxy groups -OCH3 is 1. The number of ether oxygens (including phenoxy) is 2. The molecule has 1 amide bonds. The maximum atomic E-state index is 12.4. The minimum absolute atomic E-state index is 0.260. The second-order valence-electron chi connectivity index (χ2n) is 6.46. The van der Waals surface area contributed by atoms with Crippen molar-refractivity contribution in [3.8, 4) is 5.75 Å². The van der Waals surface area contributed by atoms with Crippen LogP contribution < -0.4 is 15.6 Å². The van der Waals surface area contributed by atoms with E-state index in [9.17, 15) is 14.4 Å². The van der Waals surface area contributed by atoms with E-state index in [1.807, 2.05) is 13.8 Å². The molecule has 3 rings (SSSR count). The number of H-pyrrole nitrogens is 1. The van der Waals surface area contributed by atoms with Gasteiger partial charge in [-0.15, -0.1) is 11.3 Å². The van der Waals surface area contributed by atoms with E-state index in [-0.39, 0.29) is 17.9 Å². The Bertz CT molecular complexity index is 1130. The number of hydrogen-bond donors (Lipinski definition) is 2. The average molecular weight is 415 g/mol. The van der Waals surface area contributed by atoms with Crippen molar-refractivity contribution in [3.63, 3.8) is 0 Å². The van der Waals surface area contributed by atoms with Crippen molar-refractivity contribution in [2.45, 2.75) is 26.9 Å². The van der Waals surface area contributed by atoms with Gasteiger partial charge in [-0.2, -0.15) is 0 Å². The van der Waals surface area contributed by atoms with Crippen LogP contribution in [0.4, 0.5) is 0 Å². The number of carbonyl (C=O) groups is 2. The van der Waals surface area contributed by atoms with Crippen LogP contribution in [-0.2, 0) is 9.53 Å². The molecule has 0 fully saturated rings. The van der Waals surface area contributed by atoms with Gasteiger partial charge in [-0.05, 0) is 44.5 Å². The maximum absolute atomic E-state index is 12.4. The zero-order valence-electron chi connectivity index (χ0n) is 16.5. The predicted octanol–water partition coefficient (Wildman–Crippen LogP) is 2.64. The Morgan fingerprint density at radius 3 is 2.79 bits per heavy atom. The number of nitrogens with zero attached hydrogens (tertiary/aromatic N) is 1. The molecule has 0 radical (unpaired) electrons. The van der Waals surface area contributed by atoms with E-state index in [1.165, 1.54) is 18.4 Å². The molecule has 2 aromatic heterocycles. The summed E-state index contributed by atoms with van der Waals surface area (Å²) < 4.78 is 10.4. The zero-order valence-corrected chi connectivity index (χ0v) is 17.3. The summed E-state index contributed by atoms with van der Waals surface area (Å²) in [5.74, 6) is -0.268. The van der Waals surface area contributed by atoms with Crippen LogP contribution in [0.25, 0.3) is 10.2 Å². The number of carbonyl (C=O) groups excluding carboxylic acids is 2. The van der Waals surface area contributed by atoms with Gasteiger partial charge in [-0.25, -0.2) is 4.98 Å². The number of thiophene rings is 1. The van der Waals surface area contributed by atoms with Crippen LogP contribution in [0.3, 0.4) is 0 Å². The first-order valence-corrected chi connectivity index (χ1v) is 9.73. The Morgan fingerprint density at radius 2 is 2.07 bits per heavy atom. The molecular formula is C20H21N3O5S. The van der Waals surface area contributed by atoms with Crippen LogP contribution in [0.1, 0.15) is 39.7 Å². The lowest BCUT2D eigenvalue weighted by Gasteiger charge is -2.13. The van der Waals surface area contributed by atoms with Crippen LogP contribution >= 0.6 is 11.3 Å². The highest BCUT2D eigenvalue weighted by Crippen LogP contribution is 2.26. The van der Waals surface area contributed by atoms with Crippen molar-refractivity contribution in [3.05, 3.63) is 56.4 Å². The Hall–Kier alpha value is -3.20. The third-order valence-electron chi connectivity index (χ3n) is 4.48. The summed E-state index contributed by atoms with van der Waals surface area (Å²) in [7, 11) is 1.50. The third-order valence-corrected chi connectivity index (χ3v) is 5.58. The van der Waals surface area contributed by atoms with Gasteiger partial charge in [-0.1, -0.05) is 6.07 Å². The average Bonchev–Trinajstić information content (AvgIpc) is 3.00. The Balaban J connectivity index is 1.64. The van der Waals surface area contributed by atoms with E-state index in [0.29, 0.717) is 21.5 Å². The lowest BCUT2D eigenvalue weighted by molar-refractivity contribution is -0.147. The SMILES string of the molecule is COc1cccc(C(=O)NCC(=O)O[C@H](C)c2nc3sc(C)c(C)c3c(=O)[nH]2)c1. The Labute approximate surface area is 170 Å². The molecule has 2 heterocycles. The van der Waals surface area contributed by atoms with Crippen molar-refractivity contribution >= 4 is 33.4 Å². The fourth-order valence-electron chi connectivity index (χ4n) is 2.78. The number of benzene rings is 1. The van der Waals surface area contributed by atoms with E-state index < -0.39 is 18.0 Å². The number of aromatic nitrogens is 2. The van der Waals surface area contributed by atoms with Crippen LogP contribution in [-0.4, -0.2) is 35.5 Å². The molecule has 0 spiro atoms. The highest BCUT2D eigenvalue weighted by atomic mass is 32.1. The van der Waals surface area contributed by atoms with Crippen LogP contribution in [0, 0.1) is 13.8 Å². The maximum Gasteiger partial charge on any atom is 0.326 e. The minimum atomic E-state index is -0.768. The Kier molecular flexibility index (Phi) is 5.97. The molecule has 0 aliphatic rings. The van der Waals surface area contributed by atoms with Gasteiger partial charge in [0.1, 0.15) is 17.1 Å². The van der Waals surface area contributed by atoms with Gasteiger partial charge in [0.2, 0.25) is 0 Å². The van der Waals surface area contributed by atoms with Gasteiger partial charge in [0.05, 0.1) is 12.5 Å². The number of rotatable bonds is 6. The molecule has 8 nitrogen and oxygen atoms in total. The number of nitrogens with one attached hydrogen (secondary N) is 2. The molecule has 1 atom stereocenters. The largest absolute Gasteiger partial charge is 0.497 e. The fraction of sp³-hybridized carbons (Fsp3) is 0.300. The van der Waals surface area contributed by atoms with Crippen LogP contribution in [0.2, 0.25) is 0 Å². The molecule has 2 N–H and O–H groups in total. The predicted molar refractivity (Wildman–Crippen MR) is 110 cm³/mol. The van der Waals surface area contributed by atoms with E-state index in [0.717, 1.165) is 10.4 Å². The van der Waals surface area contributed by atoms with Crippen LogP contribution in [0.5, 0.6) is 5.75 Å². The van der Waals surface area contributed by atoms with Gasteiger partial charge in [0.15, 0.2) is 11.9 Å². The number of esters is 1. The summed E-state index contributed by atoms with van der Waals surface area (Å²) in [6, 6.07) is 6.58. The Morgan fingerprint density at radius 1 is 1.31 bits per heavy atom. The summed E-state index contributed by atoms with van der Waals surface area (Å²) in [4.78, 5) is 45.3. The second-order valence-corrected chi connectivity index (χ2v) is 7.66. The molecule has 29 heavy (non-hydrogen) atoms. The third kappa shape index (κ3) is 4.45. The molecular weight excluding hydrogens is 394 g/mol. The van der Waals surface area contributed by atoms with Crippen LogP contribution in [0.15, 0.2) is 29.1 Å². The number of fused-ring (bicyclic) bond motifs is 1. The monoisotopic (exact) mass is 415 g/mol. The summed E-state index contributed by atoms with van der Waals surface area (Å²) in [5.41, 5.74) is 1.00. The molecule has 0 unspecified atom stereocenters. The highest BCUT2D eigenvalue weighted by Gasteiger charge is 2.18. The lowest BCUT2D eigenvalue weighted by Crippen LogP contribution is -2.31. The molecule has 9 heteroatoms. The van der Waals surface area contributed by atoms with Crippen molar-refractivity contribution in [2.24, 2.45) is 0 Å². The number of hydrogen-bond acceptors (Lipinski definition) is 7.